The Balaban J connectivity index is 3.64. The third-order valence-corrected chi connectivity index (χ3v) is 4.61. The molecule has 0 heterocycles. The van der Waals surface area contributed by atoms with Crippen LogP contribution in [0.5, 0.6) is 0 Å². The van der Waals surface area contributed by atoms with Gasteiger partial charge in [-0.2, -0.15) is 0 Å². The molecule has 114 valence electrons. The second-order valence-electron chi connectivity index (χ2n) is 5.51. The van der Waals surface area contributed by atoms with Crippen LogP contribution in [0.3, 0.4) is 0 Å². The van der Waals surface area contributed by atoms with Crippen LogP contribution in [0.1, 0.15) is 90.9 Å². The SMILES string of the molecule is CCCCCCCCC(CCCCCC)SC(=N)N. The predicted molar refractivity (Wildman–Crippen MR) is 90.0 cm³/mol. The van der Waals surface area contributed by atoms with E-state index in [-0.39, 0.29) is 0 Å². The number of unbranched alkanes of at least 4 members (excludes halogenated alkanes) is 8. The minimum Gasteiger partial charge on any atom is -0.379 e. The molecule has 0 aliphatic rings. The molecule has 0 aliphatic heterocycles. The molecule has 1 atom stereocenters. The van der Waals surface area contributed by atoms with Crippen molar-refractivity contribution in [2.24, 2.45) is 5.73 Å². The first-order chi connectivity index (χ1) is 9.20. The topological polar surface area (TPSA) is 49.9 Å². The molecule has 0 saturated heterocycles. The number of rotatable bonds is 13. The summed E-state index contributed by atoms with van der Waals surface area (Å²) in [6, 6.07) is 0. The van der Waals surface area contributed by atoms with E-state index in [1.807, 2.05) is 0 Å². The molecule has 2 nitrogen and oxygen atoms in total. The van der Waals surface area contributed by atoms with E-state index in [2.05, 4.69) is 13.8 Å². The van der Waals surface area contributed by atoms with Crippen molar-refractivity contribution in [2.75, 3.05) is 0 Å². The maximum absolute atomic E-state index is 7.45. The van der Waals surface area contributed by atoms with Crippen molar-refractivity contribution >= 4 is 16.9 Å². The van der Waals surface area contributed by atoms with E-state index in [0.717, 1.165) is 0 Å². The van der Waals surface area contributed by atoms with Gasteiger partial charge in [-0.05, 0) is 12.8 Å². The highest BCUT2D eigenvalue weighted by molar-refractivity contribution is 8.14. The third kappa shape index (κ3) is 14.0. The molecule has 0 aromatic rings. The van der Waals surface area contributed by atoms with Crippen molar-refractivity contribution in [1.82, 2.24) is 0 Å². The molecule has 0 saturated carbocycles. The van der Waals surface area contributed by atoms with Gasteiger partial charge in [0.2, 0.25) is 0 Å². The van der Waals surface area contributed by atoms with Crippen LogP contribution in [0.2, 0.25) is 0 Å². The average molecular weight is 287 g/mol. The summed E-state index contributed by atoms with van der Waals surface area (Å²) in [6.45, 7) is 4.51. The van der Waals surface area contributed by atoms with Crippen molar-refractivity contribution in [2.45, 2.75) is 96.1 Å². The fourth-order valence-corrected chi connectivity index (χ4v) is 3.32. The highest BCUT2D eigenvalue weighted by Crippen LogP contribution is 2.23. The molecular weight excluding hydrogens is 252 g/mol. The van der Waals surface area contributed by atoms with Crippen molar-refractivity contribution in [3.63, 3.8) is 0 Å². The molecule has 3 N–H and O–H groups in total. The lowest BCUT2D eigenvalue weighted by Crippen LogP contribution is -2.12. The smallest absolute Gasteiger partial charge is 0.151 e. The Bertz CT molecular complexity index is 207. The van der Waals surface area contributed by atoms with Gasteiger partial charge in [-0.3, -0.25) is 5.41 Å². The zero-order valence-corrected chi connectivity index (χ0v) is 13.9. The summed E-state index contributed by atoms with van der Waals surface area (Å²) in [5.41, 5.74) is 5.54. The number of thioether (sulfide) groups is 1. The molecule has 0 amide bonds. The fourth-order valence-electron chi connectivity index (χ4n) is 2.39. The van der Waals surface area contributed by atoms with Gasteiger partial charge >= 0.3 is 0 Å². The first kappa shape index (κ1) is 18.8. The van der Waals surface area contributed by atoms with E-state index in [4.69, 9.17) is 11.1 Å². The summed E-state index contributed by atoms with van der Waals surface area (Å²) in [6.07, 6.45) is 15.9. The van der Waals surface area contributed by atoms with E-state index in [1.54, 1.807) is 11.8 Å². The molecule has 0 radical (unpaired) electrons. The highest BCUT2D eigenvalue weighted by Gasteiger charge is 2.10. The maximum atomic E-state index is 7.45. The number of hydrogen-bond donors (Lipinski definition) is 2. The van der Waals surface area contributed by atoms with Gasteiger partial charge in [0.1, 0.15) is 0 Å². The molecule has 0 rings (SSSR count). The first-order valence-corrected chi connectivity index (χ1v) is 9.09. The van der Waals surface area contributed by atoms with Crippen LogP contribution in [0, 0.1) is 5.41 Å². The Morgan fingerprint density at radius 3 is 1.74 bits per heavy atom. The monoisotopic (exact) mass is 286 g/mol. The van der Waals surface area contributed by atoms with Crippen LogP contribution in [0.4, 0.5) is 0 Å². The number of nitrogens with one attached hydrogen (secondary N) is 1. The minimum absolute atomic E-state index is 0.298. The lowest BCUT2D eigenvalue weighted by atomic mass is 10.0. The number of amidine groups is 1. The van der Waals surface area contributed by atoms with Gasteiger partial charge in [0.05, 0.1) is 0 Å². The van der Waals surface area contributed by atoms with Gasteiger partial charge in [-0.15, -0.1) is 0 Å². The molecule has 1 unspecified atom stereocenters. The van der Waals surface area contributed by atoms with Crippen LogP contribution in [0.25, 0.3) is 0 Å². The summed E-state index contributed by atoms with van der Waals surface area (Å²) >= 11 is 1.59. The van der Waals surface area contributed by atoms with Crippen molar-refractivity contribution in [3.05, 3.63) is 0 Å². The minimum atomic E-state index is 0.298. The molecule has 3 heteroatoms. The molecule has 19 heavy (non-hydrogen) atoms. The van der Waals surface area contributed by atoms with Gasteiger partial charge < -0.3 is 5.73 Å². The van der Waals surface area contributed by atoms with Crippen molar-refractivity contribution in [1.29, 1.82) is 5.41 Å². The van der Waals surface area contributed by atoms with E-state index < -0.39 is 0 Å². The molecular formula is C16H34N2S. The second kappa shape index (κ2) is 14.2. The van der Waals surface area contributed by atoms with Crippen LogP contribution >= 0.6 is 11.8 Å². The quantitative estimate of drug-likeness (QED) is 0.259. The summed E-state index contributed by atoms with van der Waals surface area (Å²) in [5.74, 6) is 0. The number of nitrogens with two attached hydrogens (primary N) is 1. The fraction of sp³-hybridized carbons (Fsp3) is 0.938. The first-order valence-electron chi connectivity index (χ1n) is 8.21. The number of hydrogen-bond acceptors (Lipinski definition) is 2. The third-order valence-electron chi connectivity index (χ3n) is 3.55. The van der Waals surface area contributed by atoms with E-state index in [1.165, 1.54) is 77.0 Å². The summed E-state index contributed by atoms with van der Waals surface area (Å²) in [7, 11) is 0. The molecule has 0 aromatic heterocycles. The van der Waals surface area contributed by atoms with Crippen molar-refractivity contribution < 1.29 is 0 Å². The van der Waals surface area contributed by atoms with Gasteiger partial charge in [0.15, 0.2) is 5.17 Å². The summed E-state index contributed by atoms with van der Waals surface area (Å²) in [4.78, 5) is 0. The Kier molecular flexibility index (Phi) is 14.1. The standard InChI is InChI=1S/C16H34N2S/c1-3-5-7-9-10-12-14-15(19-16(17)18)13-11-8-6-4-2/h15H,3-14H2,1-2H3,(H3,17,18). The molecule has 0 aliphatic carbocycles. The van der Waals surface area contributed by atoms with Crippen LogP contribution in [-0.4, -0.2) is 10.4 Å². The normalized spacial score (nSPS) is 12.5. The lowest BCUT2D eigenvalue weighted by Gasteiger charge is -2.15. The van der Waals surface area contributed by atoms with Crippen LogP contribution in [0.15, 0.2) is 0 Å². The highest BCUT2D eigenvalue weighted by atomic mass is 32.2. The maximum Gasteiger partial charge on any atom is 0.151 e. The van der Waals surface area contributed by atoms with Crippen LogP contribution in [-0.2, 0) is 0 Å². The zero-order chi connectivity index (χ0) is 14.3. The van der Waals surface area contributed by atoms with E-state index >= 15 is 0 Å². The Labute approximate surface area is 124 Å². The van der Waals surface area contributed by atoms with Crippen LogP contribution < -0.4 is 5.73 Å². The summed E-state index contributed by atoms with van der Waals surface area (Å²) < 4.78 is 0. The second-order valence-corrected chi connectivity index (χ2v) is 6.85. The Morgan fingerprint density at radius 2 is 1.26 bits per heavy atom. The van der Waals surface area contributed by atoms with E-state index in [9.17, 15) is 0 Å². The molecule has 0 bridgehead atoms. The predicted octanol–water partition coefficient (Wildman–Crippen LogP) is 5.70. The van der Waals surface area contributed by atoms with Gasteiger partial charge in [-0.25, -0.2) is 0 Å². The lowest BCUT2D eigenvalue weighted by molar-refractivity contribution is 0.551. The van der Waals surface area contributed by atoms with Crippen molar-refractivity contribution in [3.8, 4) is 0 Å². The largest absolute Gasteiger partial charge is 0.379 e. The molecule has 0 aromatic carbocycles. The molecule has 0 spiro atoms. The Hall–Kier alpha value is -0.180. The Morgan fingerprint density at radius 1 is 0.842 bits per heavy atom. The average Bonchev–Trinajstić information content (AvgIpc) is 2.37. The zero-order valence-electron chi connectivity index (χ0n) is 13.0. The molecule has 0 fully saturated rings. The van der Waals surface area contributed by atoms with Gasteiger partial charge in [0.25, 0.3) is 0 Å². The summed E-state index contributed by atoms with van der Waals surface area (Å²) in [5, 5.41) is 8.33. The van der Waals surface area contributed by atoms with Gasteiger partial charge in [-0.1, -0.05) is 89.8 Å². The van der Waals surface area contributed by atoms with E-state index in [0.29, 0.717) is 10.4 Å². The van der Waals surface area contributed by atoms with Gasteiger partial charge in [0, 0.05) is 5.25 Å².